The minimum Gasteiger partial charge on any atom is -0.474 e. The highest BCUT2D eigenvalue weighted by atomic mass is 35.5. The zero-order valence-electron chi connectivity index (χ0n) is 16.5. The number of piperidine rings is 1. The molecule has 8 nitrogen and oxygen atoms in total. The number of anilines is 2. The molecule has 0 aliphatic carbocycles. The highest BCUT2D eigenvalue weighted by Crippen LogP contribution is 2.31. The van der Waals surface area contributed by atoms with Crippen LogP contribution in [0.4, 0.5) is 11.5 Å². The number of benzene rings is 1. The van der Waals surface area contributed by atoms with Crippen molar-refractivity contribution in [1.29, 1.82) is 0 Å². The summed E-state index contributed by atoms with van der Waals surface area (Å²) in [5.74, 6) is 1.25. The average Bonchev–Trinajstić information content (AvgIpc) is 2.71. The number of halogens is 1. The first-order chi connectivity index (χ1) is 14.1. The van der Waals surface area contributed by atoms with Crippen molar-refractivity contribution in [2.24, 2.45) is 0 Å². The molecule has 1 aromatic carbocycles. The molecule has 2 aliphatic rings. The van der Waals surface area contributed by atoms with E-state index in [1.807, 2.05) is 25.1 Å². The fraction of sp³-hybridized carbons (Fsp3) is 0.500. The van der Waals surface area contributed by atoms with Crippen molar-refractivity contribution in [3.63, 3.8) is 0 Å². The van der Waals surface area contributed by atoms with Crippen LogP contribution in [-0.2, 0) is 21.1 Å². The minimum absolute atomic E-state index is 0.111. The Morgan fingerprint density at radius 1 is 1.24 bits per heavy atom. The van der Waals surface area contributed by atoms with Crippen LogP contribution in [0.3, 0.4) is 0 Å². The van der Waals surface area contributed by atoms with E-state index in [1.54, 1.807) is 0 Å². The summed E-state index contributed by atoms with van der Waals surface area (Å²) >= 11 is 6.41. The third kappa shape index (κ3) is 4.96. The number of hydrogen-bond donors (Lipinski definition) is 2. The Hall–Kier alpha value is -1.97. The van der Waals surface area contributed by atoms with Gasteiger partial charge in [0.25, 0.3) is 0 Å². The van der Waals surface area contributed by atoms with E-state index in [4.69, 9.17) is 26.0 Å². The number of aromatic nitrogens is 2. The Kier molecular flexibility index (Phi) is 6.46. The third-order valence-electron chi connectivity index (χ3n) is 5.15. The van der Waals surface area contributed by atoms with Gasteiger partial charge in [-0.1, -0.05) is 17.7 Å². The lowest BCUT2D eigenvalue weighted by molar-refractivity contribution is -0.282. The molecule has 0 amide bonds. The number of hydrogen-bond acceptors (Lipinski definition) is 8. The fourth-order valence-corrected chi connectivity index (χ4v) is 3.97. The number of ether oxygens (including phenoxy) is 2. The quantitative estimate of drug-likeness (QED) is 0.521. The van der Waals surface area contributed by atoms with Crippen LogP contribution in [-0.4, -0.2) is 48.5 Å². The van der Waals surface area contributed by atoms with Crippen LogP contribution in [0.15, 0.2) is 24.5 Å². The summed E-state index contributed by atoms with van der Waals surface area (Å²) in [7, 11) is 1.47. The lowest BCUT2D eigenvalue weighted by atomic mass is 9.95. The Bertz CT molecular complexity index is 841. The van der Waals surface area contributed by atoms with Crippen molar-refractivity contribution in [2.75, 3.05) is 25.6 Å². The van der Waals surface area contributed by atoms with E-state index in [1.165, 1.54) is 13.4 Å². The van der Waals surface area contributed by atoms with Crippen molar-refractivity contribution >= 4 is 23.1 Å². The smallest absolute Gasteiger partial charge is 0.221 e. The highest BCUT2D eigenvalue weighted by Gasteiger charge is 2.33. The molecule has 2 N–H and O–H groups in total. The lowest BCUT2D eigenvalue weighted by Crippen LogP contribution is -2.56. The molecular formula is C20H25ClN4O4. The normalized spacial score (nSPS) is 23.6. The van der Waals surface area contributed by atoms with Crippen molar-refractivity contribution in [3.05, 3.63) is 40.7 Å². The molecule has 3 heterocycles. The summed E-state index contributed by atoms with van der Waals surface area (Å²) in [4.78, 5) is 18.3. The van der Waals surface area contributed by atoms with Gasteiger partial charge in [-0.25, -0.2) is 19.7 Å². The molecule has 2 atom stereocenters. The first kappa shape index (κ1) is 20.3. The maximum absolute atomic E-state index is 6.41. The van der Waals surface area contributed by atoms with E-state index in [0.717, 1.165) is 42.9 Å². The molecule has 2 aromatic rings. The molecular weight excluding hydrogens is 396 g/mol. The van der Waals surface area contributed by atoms with Crippen molar-refractivity contribution in [2.45, 2.75) is 44.6 Å². The van der Waals surface area contributed by atoms with Gasteiger partial charge in [0, 0.05) is 24.9 Å². The Morgan fingerprint density at radius 2 is 2.03 bits per heavy atom. The van der Waals surface area contributed by atoms with E-state index in [0.29, 0.717) is 35.4 Å². The first-order valence-electron chi connectivity index (χ1n) is 9.65. The second kappa shape index (κ2) is 9.23. The molecule has 0 spiro atoms. The summed E-state index contributed by atoms with van der Waals surface area (Å²) in [6.45, 7) is 3.73. The van der Waals surface area contributed by atoms with Gasteiger partial charge in [0.2, 0.25) is 5.88 Å². The standard InChI is InChI=1S/C20H25ClN4O4/c1-12-19(25-18-4-3-13(5-17(18)21)8-28-26-2)22-11-23-20(12)29-16-6-14-9-27-10-15(7-16)24-14/h3-5,11,14-16,24H,6-10H2,1-2H3,(H,22,23,25). The van der Waals surface area contributed by atoms with E-state index in [2.05, 4.69) is 25.5 Å². The van der Waals surface area contributed by atoms with E-state index < -0.39 is 0 Å². The van der Waals surface area contributed by atoms with E-state index >= 15 is 0 Å². The topological polar surface area (TPSA) is 86.8 Å². The number of morpholine rings is 1. The van der Waals surface area contributed by atoms with Crippen LogP contribution in [0.2, 0.25) is 5.02 Å². The number of nitrogens with zero attached hydrogens (tertiary/aromatic N) is 2. The van der Waals surface area contributed by atoms with Gasteiger partial charge < -0.3 is 20.1 Å². The summed E-state index contributed by atoms with van der Waals surface area (Å²) in [5.41, 5.74) is 2.50. The summed E-state index contributed by atoms with van der Waals surface area (Å²) in [6.07, 6.45) is 3.42. The number of rotatable bonds is 7. The lowest BCUT2D eigenvalue weighted by Gasteiger charge is -2.39. The van der Waals surface area contributed by atoms with Crippen molar-refractivity contribution < 1.29 is 19.2 Å². The van der Waals surface area contributed by atoms with Crippen LogP contribution in [0.1, 0.15) is 24.0 Å². The molecule has 9 heteroatoms. The number of nitrogens with one attached hydrogen (secondary N) is 2. The summed E-state index contributed by atoms with van der Waals surface area (Å²) in [5, 5.41) is 7.41. The maximum Gasteiger partial charge on any atom is 0.221 e. The Balaban J connectivity index is 1.45. The van der Waals surface area contributed by atoms with Gasteiger partial charge in [0.1, 0.15) is 24.9 Å². The van der Waals surface area contributed by atoms with Gasteiger partial charge in [0.15, 0.2) is 0 Å². The molecule has 0 radical (unpaired) electrons. The molecule has 4 rings (SSSR count). The van der Waals surface area contributed by atoms with Gasteiger partial charge in [-0.3, -0.25) is 0 Å². The first-order valence-corrected chi connectivity index (χ1v) is 10.0. The molecule has 2 bridgehead atoms. The summed E-state index contributed by atoms with van der Waals surface area (Å²) in [6, 6.07) is 6.30. The third-order valence-corrected chi connectivity index (χ3v) is 5.46. The SMILES string of the molecule is COOCc1ccc(Nc2ncnc(OC3CC4COCC(C3)N4)c2C)c(Cl)c1. The van der Waals surface area contributed by atoms with Crippen LogP contribution in [0.25, 0.3) is 0 Å². The monoisotopic (exact) mass is 420 g/mol. The van der Waals surface area contributed by atoms with Crippen LogP contribution in [0, 0.1) is 6.92 Å². The van der Waals surface area contributed by atoms with Crippen LogP contribution < -0.4 is 15.4 Å². The highest BCUT2D eigenvalue weighted by molar-refractivity contribution is 6.33. The minimum atomic E-state index is 0.111. The van der Waals surface area contributed by atoms with Crippen molar-refractivity contribution in [1.82, 2.24) is 15.3 Å². The second-order valence-electron chi connectivity index (χ2n) is 7.33. The maximum atomic E-state index is 6.41. The zero-order chi connectivity index (χ0) is 20.2. The van der Waals surface area contributed by atoms with Gasteiger partial charge in [-0.15, -0.1) is 0 Å². The van der Waals surface area contributed by atoms with Gasteiger partial charge in [-0.2, -0.15) is 0 Å². The molecule has 29 heavy (non-hydrogen) atoms. The van der Waals surface area contributed by atoms with Gasteiger partial charge >= 0.3 is 0 Å². The van der Waals surface area contributed by atoms with Crippen LogP contribution in [0.5, 0.6) is 5.88 Å². The summed E-state index contributed by atoms with van der Waals surface area (Å²) < 4.78 is 11.8. The fourth-order valence-electron chi connectivity index (χ4n) is 3.72. The van der Waals surface area contributed by atoms with E-state index in [9.17, 15) is 0 Å². The van der Waals surface area contributed by atoms with Crippen LogP contribution >= 0.6 is 11.6 Å². The molecule has 2 aliphatic heterocycles. The molecule has 2 fully saturated rings. The second-order valence-corrected chi connectivity index (χ2v) is 7.74. The zero-order valence-corrected chi connectivity index (χ0v) is 17.2. The molecule has 0 saturated carbocycles. The van der Waals surface area contributed by atoms with Crippen molar-refractivity contribution in [3.8, 4) is 5.88 Å². The predicted octanol–water partition coefficient (Wildman–Crippen LogP) is 3.16. The molecule has 2 saturated heterocycles. The Labute approximate surface area is 174 Å². The van der Waals surface area contributed by atoms with Gasteiger partial charge in [-0.05, 0) is 24.6 Å². The largest absolute Gasteiger partial charge is 0.474 e. The average molecular weight is 421 g/mol. The van der Waals surface area contributed by atoms with Gasteiger partial charge in [0.05, 0.1) is 36.6 Å². The predicted molar refractivity (Wildman–Crippen MR) is 108 cm³/mol. The number of fused-ring (bicyclic) bond motifs is 2. The Morgan fingerprint density at radius 3 is 2.76 bits per heavy atom. The molecule has 156 valence electrons. The molecule has 1 aromatic heterocycles. The van der Waals surface area contributed by atoms with E-state index in [-0.39, 0.29) is 6.10 Å². The molecule has 2 unspecified atom stereocenters.